The largest absolute Gasteiger partial charge is 0.385 e. The second-order valence-electron chi connectivity index (χ2n) is 6.35. The van der Waals surface area contributed by atoms with Gasteiger partial charge in [-0.15, -0.1) is 0 Å². The Hall–Kier alpha value is -1.88. The van der Waals surface area contributed by atoms with E-state index in [1.54, 1.807) is 12.0 Å². The molecule has 0 aliphatic carbocycles. The van der Waals surface area contributed by atoms with Gasteiger partial charge in [-0.05, 0) is 44.7 Å². The highest BCUT2D eigenvalue weighted by Gasteiger charge is 2.23. The Morgan fingerprint density at radius 3 is 2.42 bits per heavy atom. The van der Waals surface area contributed by atoms with Crippen LogP contribution in [0.3, 0.4) is 0 Å². The number of hydrogen-bond donors (Lipinski definition) is 0. The number of anilines is 1. The van der Waals surface area contributed by atoms with Gasteiger partial charge < -0.3 is 14.5 Å². The number of carbonyl (C=O) groups is 2. The van der Waals surface area contributed by atoms with Gasteiger partial charge in [-0.3, -0.25) is 9.59 Å². The van der Waals surface area contributed by atoms with Gasteiger partial charge in [-0.1, -0.05) is 17.7 Å². The maximum absolute atomic E-state index is 12.6. The molecule has 0 aromatic heterocycles. The molecule has 0 saturated carbocycles. The lowest BCUT2D eigenvalue weighted by molar-refractivity contribution is -0.132. The molecule has 0 N–H and O–H groups in total. The minimum absolute atomic E-state index is 0.0266. The predicted molar refractivity (Wildman–Crippen MR) is 95.1 cm³/mol. The first kappa shape index (κ1) is 18.5. The van der Waals surface area contributed by atoms with Crippen molar-refractivity contribution in [2.75, 3.05) is 38.3 Å². The summed E-state index contributed by atoms with van der Waals surface area (Å²) < 4.78 is 5.02. The molecule has 0 bridgehead atoms. The van der Waals surface area contributed by atoms with Gasteiger partial charge in [-0.2, -0.15) is 0 Å². The van der Waals surface area contributed by atoms with Crippen LogP contribution in [0, 0.1) is 6.92 Å². The Labute approximate surface area is 144 Å². The number of carbonyl (C=O) groups excluding carboxylic acids is 2. The van der Waals surface area contributed by atoms with Gasteiger partial charge in [-0.25, -0.2) is 0 Å². The second-order valence-corrected chi connectivity index (χ2v) is 6.35. The van der Waals surface area contributed by atoms with Crippen molar-refractivity contribution >= 4 is 17.5 Å². The molecular weight excluding hydrogens is 304 g/mol. The number of aryl methyl sites for hydroxylation is 1. The van der Waals surface area contributed by atoms with Crippen LogP contribution in [-0.4, -0.2) is 50.1 Å². The summed E-state index contributed by atoms with van der Waals surface area (Å²) in [6, 6.07) is 7.76. The number of benzene rings is 1. The van der Waals surface area contributed by atoms with Crippen LogP contribution >= 0.6 is 0 Å². The molecule has 5 nitrogen and oxygen atoms in total. The van der Waals surface area contributed by atoms with E-state index >= 15 is 0 Å². The highest BCUT2D eigenvalue weighted by atomic mass is 16.5. The molecule has 1 aromatic carbocycles. The monoisotopic (exact) mass is 332 g/mol. The third kappa shape index (κ3) is 5.34. The third-order valence-electron chi connectivity index (χ3n) is 4.39. The summed E-state index contributed by atoms with van der Waals surface area (Å²) in [5, 5.41) is 0. The zero-order chi connectivity index (χ0) is 17.4. The number of likely N-dealkylation sites (tertiary alicyclic amines) is 1. The Morgan fingerprint density at radius 1 is 1.12 bits per heavy atom. The van der Waals surface area contributed by atoms with Gasteiger partial charge >= 0.3 is 0 Å². The maximum atomic E-state index is 12.6. The molecule has 1 fully saturated rings. The summed E-state index contributed by atoms with van der Waals surface area (Å²) in [5.74, 6) is 0.0108. The van der Waals surface area contributed by atoms with E-state index in [0.717, 1.165) is 37.2 Å². The van der Waals surface area contributed by atoms with Gasteiger partial charge in [0.1, 0.15) is 6.54 Å². The van der Waals surface area contributed by atoms with Gasteiger partial charge in [0.05, 0.1) is 0 Å². The van der Waals surface area contributed by atoms with Crippen molar-refractivity contribution in [2.45, 2.75) is 39.0 Å². The Balaban J connectivity index is 2.07. The van der Waals surface area contributed by atoms with E-state index in [0.29, 0.717) is 19.4 Å². The van der Waals surface area contributed by atoms with Crippen molar-refractivity contribution < 1.29 is 14.3 Å². The summed E-state index contributed by atoms with van der Waals surface area (Å²) in [5.41, 5.74) is 1.92. The van der Waals surface area contributed by atoms with Crippen LogP contribution in [0.25, 0.3) is 0 Å². The molecule has 132 valence electrons. The van der Waals surface area contributed by atoms with Crippen LogP contribution in [0.5, 0.6) is 0 Å². The molecule has 1 aromatic rings. The molecule has 24 heavy (non-hydrogen) atoms. The highest BCUT2D eigenvalue weighted by molar-refractivity contribution is 5.98. The Bertz CT molecular complexity index is 536. The first-order valence-electron chi connectivity index (χ1n) is 8.75. The molecular formula is C19H28N2O3. The average molecular weight is 332 g/mol. The van der Waals surface area contributed by atoms with Crippen molar-refractivity contribution in [2.24, 2.45) is 0 Å². The molecule has 0 atom stereocenters. The lowest BCUT2D eigenvalue weighted by Gasteiger charge is -2.30. The summed E-state index contributed by atoms with van der Waals surface area (Å²) >= 11 is 0. The van der Waals surface area contributed by atoms with E-state index in [1.165, 1.54) is 6.42 Å². The number of ether oxygens (including phenoxy) is 1. The summed E-state index contributed by atoms with van der Waals surface area (Å²) in [7, 11) is 1.63. The lowest BCUT2D eigenvalue weighted by atomic mass is 10.1. The SMILES string of the molecule is COCCCC(=O)N(CC(=O)N1CCCCC1)c1ccc(C)cc1. The maximum Gasteiger partial charge on any atom is 0.242 e. The van der Waals surface area contributed by atoms with Crippen molar-refractivity contribution in [3.63, 3.8) is 0 Å². The summed E-state index contributed by atoms with van der Waals surface area (Å²) in [4.78, 5) is 28.7. The second kappa shape index (κ2) is 9.42. The molecule has 1 saturated heterocycles. The van der Waals surface area contributed by atoms with Crippen LogP contribution in [0.1, 0.15) is 37.7 Å². The van der Waals surface area contributed by atoms with E-state index in [-0.39, 0.29) is 18.4 Å². The van der Waals surface area contributed by atoms with E-state index in [4.69, 9.17) is 4.74 Å². The van der Waals surface area contributed by atoms with Crippen LogP contribution in [0.4, 0.5) is 5.69 Å². The van der Waals surface area contributed by atoms with E-state index in [2.05, 4.69) is 0 Å². The van der Waals surface area contributed by atoms with Crippen molar-refractivity contribution in [3.05, 3.63) is 29.8 Å². The minimum atomic E-state index is -0.0266. The van der Waals surface area contributed by atoms with Crippen molar-refractivity contribution in [3.8, 4) is 0 Å². The fourth-order valence-electron chi connectivity index (χ4n) is 2.93. The van der Waals surface area contributed by atoms with Gasteiger partial charge in [0, 0.05) is 38.9 Å². The van der Waals surface area contributed by atoms with Crippen molar-refractivity contribution in [1.29, 1.82) is 0 Å². The number of methoxy groups -OCH3 is 1. The zero-order valence-corrected chi connectivity index (χ0v) is 14.8. The molecule has 1 aliphatic rings. The van der Waals surface area contributed by atoms with E-state index < -0.39 is 0 Å². The van der Waals surface area contributed by atoms with Crippen LogP contribution in [0.15, 0.2) is 24.3 Å². The average Bonchev–Trinajstić information content (AvgIpc) is 2.61. The number of piperidine rings is 1. The van der Waals surface area contributed by atoms with E-state index in [1.807, 2.05) is 36.1 Å². The number of hydrogen-bond acceptors (Lipinski definition) is 3. The fraction of sp³-hybridized carbons (Fsp3) is 0.579. The molecule has 1 heterocycles. The molecule has 0 unspecified atom stereocenters. The third-order valence-corrected chi connectivity index (χ3v) is 4.39. The molecule has 1 aliphatic heterocycles. The van der Waals surface area contributed by atoms with Gasteiger partial charge in [0.15, 0.2) is 0 Å². The van der Waals surface area contributed by atoms with E-state index in [9.17, 15) is 9.59 Å². The lowest BCUT2D eigenvalue weighted by Crippen LogP contribution is -2.45. The highest BCUT2D eigenvalue weighted by Crippen LogP contribution is 2.18. The van der Waals surface area contributed by atoms with Crippen LogP contribution < -0.4 is 4.90 Å². The normalized spacial score (nSPS) is 14.5. The van der Waals surface area contributed by atoms with Gasteiger partial charge in [0.2, 0.25) is 11.8 Å². The molecule has 0 radical (unpaired) electrons. The Morgan fingerprint density at radius 2 is 1.79 bits per heavy atom. The number of nitrogens with zero attached hydrogens (tertiary/aromatic N) is 2. The smallest absolute Gasteiger partial charge is 0.242 e. The summed E-state index contributed by atoms with van der Waals surface area (Å²) in [6.45, 7) is 4.28. The molecule has 0 spiro atoms. The van der Waals surface area contributed by atoms with Crippen LogP contribution in [0.2, 0.25) is 0 Å². The fourth-order valence-corrected chi connectivity index (χ4v) is 2.93. The van der Waals surface area contributed by atoms with Gasteiger partial charge in [0.25, 0.3) is 0 Å². The standard InChI is InChI=1S/C19H28N2O3/c1-16-8-10-17(11-9-16)21(18(22)7-6-14-24-2)15-19(23)20-12-4-3-5-13-20/h8-11H,3-7,12-15H2,1-2H3. The molecule has 2 rings (SSSR count). The summed E-state index contributed by atoms with van der Waals surface area (Å²) in [6.07, 6.45) is 4.34. The topological polar surface area (TPSA) is 49.9 Å². The number of amides is 2. The van der Waals surface area contributed by atoms with Crippen LogP contribution in [-0.2, 0) is 14.3 Å². The predicted octanol–water partition coefficient (Wildman–Crippen LogP) is 2.77. The zero-order valence-electron chi connectivity index (χ0n) is 14.8. The quantitative estimate of drug-likeness (QED) is 0.722. The first-order valence-corrected chi connectivity index (χ1v) is 8.75. The van der Waals surface area contributed by atoms with Crippen molar-refractivity contribution in [1.82, 2.24) is 4.90 Å². The number of rotatable bonds is 7. The Kier molecular flexibility index (Phi) is 7.25. The minimum Gasteiger partial charge on any atom is -0.385 e. The molecule has 5 heteroatoms. The molecule has 2 amide bonds. The first-order chi connectivity index (χ1) is 11.6.